The molecular weight excluding hydrogens is 440 g/mol. The predicted octanol–water partition coefficient (Wildman–Crippen LogP) is 4.32. The van der Waals surface area contributed by atoms with Crippen molar-refractivity contribution in [3.05, 3.63) is 66.1 Å². The van der Waals surface area contributed by atoms with Crippen molar-refractivity contribution in [2.75, 3.05) is 6.61 Å². The molecule has 0 bridgehead atoms. The minimum absolute atomic E-state index is 0.414. The minimum Gasteiger partial charge on any atom is -0.477 e. The highest BCUT2D eigenvalue weighted by molar-refractivity contribution is 5.77. The van der Waals surface area contributed by atoms with Crippen molar-refractivity contribution >= 4 is 11.0 Å². The smallest absolute Gasteiger partial charge is 0.228 e. The van der Waals surface area contributed by atoms with Crippen LogP contribution in [0.2, 0.25) is 0 Å². The Morgan fingerprint density at radius 2 is 1.86 bits per heavy atom. The number of benzene rings is 1. The fourth-order valence-electron chi connectivity index (χ4n) is 4.42. The van der Waals surface area contributed by atoms with Crippen LogP contribution in [0.1, 0.15) is 42.6 Å². The van der Waals surface area contributed by atoms with E-state index < -0.39 is 0 Å². The van der Waals surface area contributed by atoms with Crippen LogP contribution >= 0.6 is 0 Å². The van der Waals surface area contributed by atoms with Gasteiger partial charge >= 0.3 is 0 Å². The predicted molar refractivity (Wildman–Crippen MR) is 132 cm³/mol. The highest BCUT2D eigenvalue weighted by Crippen LogP contribution is 2.44. The number of imidazole rings is 1. The molecule has 5 aromatic rings. The van der Waals surface area contributed by atoms with Crippen molar-refractivity contribution in [2.45, 2.75) is 39.2 Å². The van der Waals surface area contributed by atoms with Crippen molar-refractivity contribution in [3.8, 4) is 28.7 Å². The molecule has 4 heterocycles. The van der Waals surface area contributed by atoms with Crippen molar-refractivity contribution in [1.82, 2.24) is 39.3 Å². The number of aromatic nitrogens is 8. The molecule has 4 aromatic heterocycles. The summed E-state index contributed by atoms with van der Waals surface area (Å²) >= 11 is 0. The van der Waals surface area contributed by atoms with Gasteiger partial charge in [-0.15, -0.1) is 0 Å². The molecule has 0 unspecified atom stereocenters. The summed E-state index contributed by atoms with van der Waals surface area (Å²) in [7, 11) is 2.01. The Kier molecular flexibility index (Phi) is 5.24. The van der Waals surface area contributed by atoms with Crippen molar-refractivity contribution < 1.29 is 4.74 Å². The monoisotopic (exact) mass is 466 g/mol. The third-order valence-electron chi connectivity index (χ3n) is 6.23. The molecule has 1 aliphatic carbocycles. The van der Waals surface area contributed by atoms with Crippen LogP contribution in [0.15, 0.2) is 49.2 Å². The third kappa shape index (κ3) is 4.03. The maximum Gasteiger partial charge on any atom is 0.228 e. The van der Waals surface area contributed by atoms with Crippen molar-refractivity contribution in [1.29, 1.82) is 0 Å². The number of fused-ring (bicyclic) bond motifs is 1. The van der Waals surface area contributed by atoms with Gasteiger partial charge in [-0.2, -0.15) is 5.10 Å². The average molecular weight is 467 g/mol. The van der Waals surface area contributed by atoms with Gasteiger partial charge in [0.1, 0.15) is 17.7 Å². The normalized spacial score (nSPS) is 13.5. The molecule has 0 aliphatic heterocycles. The van der Waals surface area contributed by atoms with Crippen molar-refractivity contribution in [2.24, 2.45) is 7.05 Å². The van der Waals surface area contributed by atoms with Gasteiger partial charge in [-0.25, -0.2) is 29.6 Å². The lowest BCUT2D eigenvalue weighted by atomic mass is 10.1. The van der Waals surface area contributed by atoms with Gasteiger partial charge in [0.25, 0.3) is 0 Å². The van der Waals surface area contributed by atoms with Crippen molar-refractivity contribution in [3.63, 3.8) is 0 Å². The molecule has 6 rings (SSSR count). The third-order valence-corrected chi connectivity index (χ3v) is 6.23. The molecule has 1 saturated carbocycles. The van der Waals surface area contributed by atoms with Gasteiger partial charge in [-0.3, -0.25) is 0 Å². The Morgan fingerprint density at radius 3 is 2.57 bits per heavy atom. The summed E-state index contributed by atoms with van der Waals surface area (Å²) in [4.78, 5) is 23.1. The first kappa shape index (κ1) is 21.4. The van der Waals surface area contributed by atoms with E-state index in [1.165, 1.54) is 0 Å². The minimum atomic E-state index is 0.414. The van der Waals surface area contributed by atoms with E-state index in [0.717, 1.165) is 57.8 Å². The Bertz CT molecular complexity index is 1510. The number of nitrogens with zero attached hydrogens (tertiary/aromatic N) is 8. The lowest BCUT2D eigenvalue weighted by molar-refractivity contribution is 0.327. The summed E-state index contributed by atoms with van der Waals surface area (Å²) in [5.41, 5.74) is 5.74. The molecule has 1 aromatic carbocycles. The zero-order valence-corrected chi connectivity index (χ0v) is 20.0. The average Bonchev–Trinajstić information content (AvgIpc) is 3.56. The largest absolute Gasteiger partial charge is 0.477 e. The maximum absolute atomic E-state index is 5.83. The van der Waals surface area contributed by atoms with Crippen LogP contribution in [0.25, 0.3) is 33.8 Å². The zero-order chi connectivity index (χ0) is 23.9. The van der Waals surface area contributed by atoms with E-state index in [1.807, 2.05) is 42.5 Å². The van der Waals surface area contributed by atoms with E-state index in [4.69, 9.17) is 9.72 Å². The Morgan fingerprint density at radius 1 is 1.03 bits per heavy atom. The van der Waals surface area contributed by atoms with Crippen LogP contribution < -0.4 is 4.74 Å². The molecule has 0 radical (unpaired) electrons. The molecule has 1 fully saturated rings. The highest BCUT2D eigenvalue weighted by Gasteiger charge is 2.31. The first-order valence-electron chi connectivity index (χ1n) is 11.9. The number of hydrogen-bond acceptors (Lipinski definition) is 7. The van der Waals surface area contributed by atoms with E-state index in [-0.39, 0.29) is 0 Å². The number of hydrogen-bond donors (Lipinski definition) is 0. The molecule has 0 spiro atoms. The lowest BCUT2D eigenvalue weighted by Gasteiger charge is -2.12. The summed E-state index contributed by atoms with van der Waals surface area (Å²) in [5, 5.41) is 5.47. The summed E-state index contributed by atoms with van der Waals surface area (Å²) in [6.45, 7) is 5.06. The molecule has 1 aliphatic rings. The van der Waals surface area contributed by atoms with E-state index in [9.17, 15) is 0 Å². The van der Waals surface area contributed by atoms with Crippen LogP contribution in [0.5, 0.6) is 5.88 Å². The highest BCUT2D eigenvalue weighted by atomic mass is 16.5. The van der Waals surface area contributed by atoms with E-state index >= 15 is 0 Å². The second-order valence-electron chi connectivity index (χ2n) is 8.93. The van der Waals surface area contributed by atoms with E-state index in [0.29, 0.717) is 30.8 Å². The topological polar surface area (TPSA) is 96.4 Å². The van der Waals surface area contributed by atoms with Crippen LogP contribution in [-0.4, -0.2) is 45.9 Å². The van der Waals surface area contributed by atoms with Gasteiger partial charge in [0.05, 0.1) is 36.1 Å². The number of ether oxygens (including phenoxy) is 1. The molecule has 9 heteroatoms. The summed E-state index contributed by atoms with van der Waals surface area (Å²) in [6.07, 6.45) is 9.44. The molecule has 176 valence electrons. The van der Waals surface area contributed by atoms with Gasteiger partial charge in [0.15, 0.2) is 11.5 Å². The SMILES string of the molecule is CCOc1ncnc(C2CC2)c1-c1ncc2cnn(Cc3ccc(-c4nc(C)cn4C)cc3)c2n1. The fraction of sp³-hybridized carbons (Fsp3) is 0.308. The van der Waals surface area contributed by atoms with Gasteiger partial charge in [0.2, 0.25) is 5.88 Å². The van der Waals surface area contributed by atoms with E-state index in [2.05, 4.69) is 49.3 Å². The molecule has 0 N–H and O–H groups in total. The van der Waals surface area contributed by atoms with Gasteiger partial charge in [-0.05, 0) is 32.3 Å². The number of aryl methyl sites for hydroxylation is 2. The molecular formula is C26H26N8O. The van der Waals surface area contributed by atoms with Gasteiger partial charge in [-0.1, -0.05) is 24.3 Å². The summed E-state index contributed by atoms with van der Waals surface area (Å²) in [5.74, 6) is 2.48. The molecule has 0 atom stereocenters. The molecule has 35 heavy (non-hydrogen) atoms. The molecule has 9 nitrogen and oxygen atoms in total. The second-order valence-corrected chi connectivity index (χ2v) is 8.93. The zero-order valence-electron chi connectivity index (χ0n) is 20.0. The molecule has 0 amide bonds. The van der Waals surface area contributed by atoms with Crippen LogP contribution in [0, 0.1) is 6.92 Å². The maximum atomic E-state index is 5.83. The lowest BCUT2D eigenvalue weighted by Crippen LogP contribution is -2.06. The van der Waals surface area contributed by atoms with Crippen LogP contribution in [-0.2, 0) is 13.6 Å². The standard InChI is InChI=1S/C26H26N8O/c1-4-35-26-21(22(18-9-10-18)28-15-29-26)23-27-11-20-12-30-34(25(20)32-23)14-17-5-7-19(8-6-17)24-31-16(2)13-33(24)3/h5-8,11-13,15,18H,4,9-10,14H2,1-3H3. The first-order chi connectivity index (χ1) is 17.1. The quantitative estimate of drug-likeness (QED) is 0.352. The second kappa shape index (κ2) is 8.57. The van der Waals surface area contributed by atoms with E-state index in [1.54, 1.807) is 12.5 Å². The van der Waals surface area contributed by atoms with Crippen LogP contribution in [0.4, 0.5) is 0 Å². The van der Waals surface area contributed by atoms with Gasteiger partial charge in [0, 0.05) is 30.9 Å². The molecule has 0 saturated heterocycles. The Labute approximate surface area is 202 Å². The Hall–Kier alpha value is -4.14. The van der Waals surface area contributed by atoms with Crippen LogP contribution in [0.3, 0.4) is 0 Å². The Balaban J connectivity index is 1.34. The fourth-order valence-corrected chi connectivity index (χ4v) is 4.42. The number of rotatable bonds is 7. The summed E-state index contributed by atoms with van der Waals surface area (Å²) < 4.78 is 9.78. The van der Waals surface area contributed by atoms with Gasteiger partial charge < -0.3 is 9.30 Å². The first-order valence-corrected chi connectivity index (χ1v) is 11.9. The summed E-state index contributed by atoms with van der Waals surface area (Å²) in [6, 6.07) is 8.42.